The zero-order valence-corrected chi connectivity index (χ0v) is 16.8. The summed E-state index contributed by atoms with van der Waals surface area (Å²) in [4.78, 5) is 54.5. The van der Waals surface area contributed by atoms with Gasteiger partial charge in [0.15, 0.2) is 0 Å². The van der Waals surface area contributed by atoms with Crippen molar-refractivity contribution in [2.45, 2.75) is 43.8 Å². The summed E-state index contributed by atoms with van der Waals surface area (Å²) in [6.07, 6.45) is 2.93. The van der Waals surface area contributed by atoms with Crippen LogP contribution in [0.3, 0.4) is 0 Å². The highest BCUT2D eigenvalue weighted by atomic mass is 16.4. The third-order valence-electron chi connectivity index (χ3n) is 4.55. The molecule has 0 aliphatic rings. The molecule has 8 N–H and O–H groups in total. The first kappa shape index (κ1) is 23.5. The van der Waals surface area contributed by atoms with Gasteiger partial charge in [0.1, 0.15) is 12.1 Å². The van der Waals surface area contributed by atoms with Crippen LogP contribution in [-0.4, -0.2) is 56.9 Å². The molecule has 0 unspecified atom stereocenters. The van der Waals surface area contributed by atoms with E-state index in [-0.39, 0.29) is 25.7 Å². The van der Waals surface area contributed by atoms with E-state index in [0.717, 1.165) is 5.56 Å². The number of aromatic amines is 1. The highest BCUT2D eigenvalue weighted by Gasteiger charge is 2.28. The van der Waals surface area contributed by atoms with Crippen LogP contribution >= 0.6 is 0 Å². The molecule has 2 rings (SSSR count). The Labute approximate surface area is 178 Å². The number of carbonyl (C=O) groups is 4. The number of H-pyrrole nitrogens is 1. The molecule has 2 aromatic rings. The number of rotatable bonds is 12. The lowest BCUT2D eigenvalue weighted by Gasteiger charge is -2.23. The summed E-state index contributed by atoms with van der Waals surface area (Å²) in [6, 6.07) is 5.58. The van der Waals surface area contributed by atoms with E-state index in [9.17, 15) is 24.3 Å². The number of carbonyl (C=O) groups excluding carboxylic acids is 3. The Morgan fingerprint density at radius 3 is 2.29 bits per heavy atom. The van der Waals surface area contributed by atoms with Crippen LogP contribution in [0, 0.1) is 0 Å². The molecule has 11 heteroatoms. The molecule has 0 saturated carbocycles. The van der Waals surface area contributed by atoms with E-state index < -0.39 is 41.8 Å². The van der Waals surface area contributed by atoms with Crippen LogP contribution in [0.25, 0.3) is 0 Å². The van der Waals surface area contributed by atoms with Crippen LogP contribution in [0.2, 0.25) is 0 Å². The van der Waals surface area contributed by atoms with Crippen LogP contribution in [0.5, 0.6) is 0 Å². The molecule has 0 fully saturated rings. The van der Waals surface area contributed by atoms with Gasteiger partial charge in [-0.05, 0) is 12.0 Å². The number of aliphatic carboxylic acids is 1. The quantitative estimate of drug-likeness (QED) is 0.244. The number of carboxylic acid groups (broad SMARTS) is 1. The lowest BCUT2D eigenvalue weighted by Crippen LogP contribution is -2.55. The molecular formula is C20H26N6O5. The molecule has 1 aromatic heterocycles. The van der Waals surface area contributed by atoms with Crippen molar-refractivity contribution in [3.63, 3.8) is 0 Å². The number of nitrogens with two attached hydrogens (primary N) is 2. The molecule has 11 nitrogen and oxygen atoms in total. The Hall–Kier alpha value is -3.73. The zero-order chi connectivity index (χ0) is 22.8. The molecule has 1 heterocycles. The van der Waals surface area contributed by atoms with Crippen molar-refractivity contribution in [1.29, 1.82) is 0 Å². The predicted molar refractivity (Wildman–Crippen MR) is 110 cm³/mol. The molecule has 0 aliphatic carbocycles. The molecule has 1 aromatic carbocycles. The zero-order valence-electron chi connectivity index (χ0n) is 16.8. The fraction of sp³-hybridized carbons (Fsp3) is 0.350. The molecular weight excluding hydrogens is 404 g/mol. The van der Waals surface area contributed by atoms with Gasteiger partial charge in [-0.1, -0.05) is 30.3 Å². The minimum Gasteiger partial charge on any atom is -0.480 e. The van der Waals surface area contributed by atoms with E-state index in [4.69, 9.17) is 11.5 Å². The van der Waals surface area contributed by atoms with Crippen LogP contribution < -0.4 is 22.1 Å². The second kappa shape index (κ2) is 11.5. The monoisotopic (exact) mass is 430 g/mol. The van der Waals surface area contributed by atoms with Gasteiger partial charge in [0.2, 0.25) is 17.7 Å². The maximum atomic E-state index is 12.9. The topological polar surface area (TPSA) is 193 Å². The summed E-state index contributed by atoms with van der Waals surface area (Å²) < 4.78 is 0. The van der Waals surface area contributed by atoms with Crippen molar-refractivity contribution >= 4 is 23.7 Å². The molecule has 0 aliphatic heterocycles. The molecule has 0 saturated heterocycles. The maximum absolute atomic E-state index is 12.9. The first-order valence-corrected chi connectivity index (χ1v) is 9.65. The normalized spacial score (nSPS) is 13.6. The smallest absolute Gasteiger partial charge is 0.326 e. The summed E-state index contributed by atoms with van der Waals surface area (Å²) >= 11 is 0. The number of primary amides is 1. The van der Waals surface area contributed by atoms with Gasteiger partial charge in [-0.3, -0.25) is 14.4 Å². The van der Waals surface area contributed by atoms with Crippen molar-refractivity contribution in [2.75, 3.05) is 0 Å². The highest BCUT2D eigenvalue weighted by Crippen LogP contribution is 2.06. The Bertz CT molecular complexity index is 887. The fourth-order valence-electron chi connectivity index (χ4n) is 2.86. The SMILES string of the molecule is NC(=O)CC[C@H](N)C(=O)N[C@@H](Cc1ccccc1)C(=O)N[C@@H](Cc1cnc[nH]1)C(=O)O. The van der Waals surface area contributed by atoms with Crippen LogP contribution in [-0.2, 0) is 32.0 Å². The van der Waals surface area contributed by atoms with Crippen LogP contribution in [0.1, 0.15) is 24.1 Å². The summed E-state index contributed by atoms with van der Waals surface area (Å²) in [5.41, 5.74) is 12.2. The van der Waals surface area contributed by atoms with Crippen LogP contribution in [0.15, 0.2) is 42.9 Å². The van der Waals surface area contributed by atoms with E-state index in [1.54, 1.807) is 24.3 Å². The van der Waals surface area contributed by atoms with Gasteiger partial charge in [0, 0.05) is 31.2 Å². The first-order valence-electron chi connectivity index (χ1n) is 9.65. The van der Waals surface area contributed by atoms with Gasteiger partial charge in [-0.25, -0.2) is 9.78 Å². The van der Waals surface area contributed by atoms with Gasteiger partial charge >= 0.3 is 5.97 Å². The average Bonchev–Trinajstić information content (AvgIpc) is 3.24. The molecule has 3 atom stereocenters. The van der Waals surface area contributed by atoms with Gasteiger partial charge in [0.05, 0.1) is 12.4 Å². The molecule has 3 amide bonds. The van der Waals surface area contributed by atoms with Crippen molar-refractivity contribution in [3.05, 3.63) is 54.1 Å². The van der Waals surface area contributed by atoms with Crippen molar-refractivity contribution in [3.8, 4) is 0 Å². The van der Waals surface area contributed by atoms with E-state index >= 15 is 0 Å². The Morgan fingerprint density at radius 2 is 1.71 bits per heavy atom. The maximum Gasteiger partial charge on any atom is 0.326 e. The predicted octanol–water partition coefficient (Wildman–Crippen LogP) is -1.16. The summed E-state index contributed by atoms with van der Waals surface area (Å²) in [5, 5.41) is 14.5. The van der Waals surface area contributed by atoms with E-state index in [0.29, 0.717) is 5.69 Å². The number of amides is 3. The van der Waals surface area contributed by atoms with Gasteiger partial charge in [-0.2, -0.15) is 0 Å². The summed E-state index contributed by atoms with van der Waals surface area (Å²) in [7, 11) is 0. The average molecular weight is 430 g/mol. The standard InChI is InChI=1S/C20H26N6O5/c21-14(6-7-17(22)27)18(28)25-15(8-12-4-2-1-3-5-12)19(29)26-16(20(30)31)9-13-10-23-11-24-13/h1-5,10-11,14-16H,6-9,21H2,(H2,22,27)(H,23,24)(H,25,28)(H,26,29)(H,30,31)/t14-,15-,16-/m0/s1. The number of aromatic nitrogens is 2. The molecule has 166 valence electrons. The molecule has 0 bridgehead atoms. The number of hydrogen-bond acceptors (Lipinski definition) is 6. The number of benzene rings is 1. The third kappa shape index (κ3) is 7.90. The largest absolute Gasteiger partial charge is 0.480 e. The number of imidazole rings is 1. The molecule has 31 heavy (non-hydrogen) atoms. The van der Waals surface area contributed by atoms with E-state index in [1.807, 2.05) is 6.07 Å². The number of nitrogens with one attached hydrogen (secondary N) is 3. The Balaban J connectivity index is 2.11. The lowest BCUT2D eigenvalue weighted by molar-refractivity contribution is -0.142. The second-order valence-electron chi connectivity index (χ2n) is 7.04. The Kier molecular flexibility index (Phi) is 8.70. The van der Waals surface area contributed by atoms with E-state index in [1.165, 1.54) is 12.5 Å². The first-order chi connectivity index (χ1) is 14.8. The van der Waals surface area contributed by atoms with E-state index in [2.05, 4.69) is 20.6 Å². The molecule has 0 radical (unpaired) electrons. The second-order valence-corrected chi connectivity index (χ2v) is 7.04. The minimum atomic E-state index is -1.23. The molecule has 0 spiro atoms. The number of nitrogens with zero attached hydrogens (tertiary/aromatic N) is 1. The summed E-state index contributed by atoms with van der Waals surface area (Å²) in [5.74, 6) is -3.14. The van der Waals surface area contributed by atoms with Gasteiger partial charge < -0.3 is 32.2 Å². The van der Waals surface area contributed by atoms with Crippen molar-refractivity contribution < 1.29 is 24.3 Å². The minimum absolute atomic E-state index is 0.00873. The number of hydrogen-bond donors (Lipinski definition) is 6. The van der Waals surface area contributed by atoms with Gasteiger partial charge in [0.25, 0.3) is 0 Å². The Morgan fingerprint density at radius 1 is 1.03 bits per heavy atom. The highest BCUT2D eigenvalue weighted by molar-refractivity contribution is 5.92. The summed E-state index contributed by atoms with van der Waals surface area (Å²) in [6.45, 7) is 0. The third-order valence-corrected chi connectivity index (χ3v) is 4.55. The lowest BCUT2D eigenvalue weighted by atomic mass is 10.0. The van der Waals surface area contributed by atoms with Crippen molar-refractivity contribution in [2.24, 2.45) is 11.5 Å². The van der Waals surface area contributed by atoms with Crippen LogP contribution in [0.4, 0.5) is 0 Å². The fourth-order valence-corrected chi connectivity index (χ4v) is 2.86. The number of carboxylic acids is 1. The van der Waals surface area contributed by atoms with Gasteiger partial charge in [-0.15, -0.1) is 0 Å². The van der Waals surface area contributed by atoms with Crippen molar-refractivity contribution in [1.82, 2.24) is 20.6 Å².